The van der Waals surface area contributed by atoms with E-state index in [0.717, 1.165) is 32.5 Å². The molecule has 0 amide bonds. The maximum atomic E-state index is 11.5. The topological polar surface area (TPSA) is 87.8 Å². The molecule has 0 aliphatic carbocycles. The number of imidazole rings is 1. The lowest BCUT2D eigenvalue weighted by Crippen LogP contribution is -2.54. The molecule has 3 rings (SSSR count). The van der Waals surface area contributed by atoms with E-state index in [1.807, 2.05) is 18.6 Å². The highest BCUT2D eigenvalue weighted by molar-refractivity contribution is 6.08. The number of aromatic carboxylic acids is 1. The first-order chi connectivity index (χ1) is 12.1. The van der Waals surface area contributed by atoms with Gasteiger partial charge >= 0.3 is 5.97 Å². The summed E-state index contributed by atoms with van der Waals surface area (Å²) in [6.07, 6.45) is 6.88. The molecule has 1 aliphatic rings. The number of benzene rings is 1. The lowest BCUT2D eigenvalue weighted by atomic mass is 9.95. The van der Waals surface area contributed by atoms with Gasteiger partial charge in [0, 0.05) is 38.6 Å². The van der Waals surface area contributed by atoms with Crippen LogP contribution < -0.4 is 4.74 Å². The second kappa shape index (κ2) is 7.61. The third kappa shape index (κ3) is 3.96. The number of likely N-dealkylation sites (tertiary alicyclic amines) is 1. The number of rotatable bonds is 8. The SMILES string of the molecule is BCCc1ccc(OC2CN(CCn3ccnc3)C2)c(C(=O)O)c1O. The molecule has 2 heterocycles. The van der Waals surface area contributed by atoms with E-state index < -0.39 is 5.97 Å². The second-order valence-corrected chi connectivity index (χ2v) is 6.30. The van der Waals surface area contributed by atoms with Crippen LogP contribution in [-0.4, -0.2) is 64.2 Å². The molecule has 7 nitrogen and oxygen atoms in total. The first-order valence-corrected chi connectivity index (χ1v) is 8.51. The molecule has 0 unspecified atom stereocenters. The number of aryl methyl sites for hydroxylation is 1. The van der Waals surface area contributed by atoms with E-state index in [4.69, 9.17) is 4.74 Å². The highest BCUT2D eigenvalue weighted by Crippen LogP contribution is 2.33. The van der Waals surface area contributed by atoms with E-state index in [-0.39, 0.29) is 23.2 Å². The second-order valence-electron chi connectivity index (χ2n) is 6.30. The molecule has 0 bridgehead atoms. The molecule has 2 aromatic rings. The van der Waals surface area contributed by atoms with E-state index in [0.29, 0.717) is 12.0 Å². The molecule has 1 aliphatic heterocycles. The third-order valence-corrected chi connectivity index (χ3v) is 4.41. The number of phenols is 1. The van der Waals surface area contributed by atoms with Crippen LogP contribution >= 0.6 is 0 Å². The van der Waals surface area contributed by atoms with Crippen LogP contribution in [0.15, 0.2) is 30.9 Å². The maximum Gasteiger partial charge on any atom is 0.343 e. The van der Waals surface area contributed by atoms with E-state index in [9.17, 15) is 15.0 Å². The Kier molecular flexibility index (Phi) is 5.28. The van der Waals surface area contributed by atoms with Crippen molar-refractivity contribution in [2.45, 2.75) is 25.4 Å². The molecule has 132 valence electrons. The van der Waals surface area contributed by atoms with Crippen molar-refractivity contribution in [2.24, 2.45) is 0 Å². The lowest BCUT2D eigenvalue weighted by Gasteiger charge is -2.39. The minimum absolute atomic E-state index is 0.0580. The molecule has 1 saturated heterocycles. The molecule has 8 heteroatoms. The predicted octanol–water partition coefficient (Wildman–Crippen LogP) is 0.644. The number of carbonyl (C=O) groups is 1. The molecule has 0 atom stereocenters. The number of carboxylic acids is 1. The van der Waals surface area contributed by atoms with E-state index in [1.54, 1.807) is 24.7 Å². The molecule has 1 aromatic heterocycles. The molecule has 25 heavy (non-hydrogen) atoms. The fourth-order valence-corrected chi connectivity index (χ4v) is 3.03. The summed E-state index contributed by atoms with van der Waals surface area (Å²) in [5.41, 5.74) is 0.505. The van der Waals surface area contributed by atoms with Gasteiger partial charge < -0.3 is 19.5 Å². The largest absolute Gasteiger partial charge is 0.507 e. The van der Waals surface area contributed by atoms with Crippen molar-refractivity contribution in [2.75, 3.05) is 19.6 Å². The summed E-state index contributed by atoms with van der Waals surface area (Å²) < 4.78 is 7.84. The normalized spacial score (nSPS) is 15.0. The molecule has 0 spiro atoms. The predicted molar refractivity (Wildman–Crippen MR) is 95.2 cm³/mol. The van der Waals surface area contributed by atoms with Gasteiger partial charge in [0.05, 0.1) is 6.33 Å². The van der Waals surface area contributed by atoms with Crippen molar-refractivity contribution in [3.8, 4) is 11.5 Å². The summed E-state index contributed by atoms with van der Waals surface area (Å²) in [4.78, 5) is 17.8. The average molecular weight is 343 g/mol. The van der Waals surface area contributed by atoms with Crippen molar-refractivity contribution in [3.63, 3.8) is 0 Å². The molecular weight excluding hydrogens is 321 g/mol. The van der Waals surface area contributed by atoms with Gasteiger partial charge in [-0.15, -0.1) is 0 Å². The van der Waals surface area contributed by atoms with Gasteiger partial charge in [-0.25, -0.2) is 9.78 Å². The Labute approximate surface area is 147 Å². The smallest absolute Gasteiger partial charge is 0.343 e. The number of hydrogen-bond acceptors (Lipinski definition) is 5. The minimum atomic E-state index is -1.17. The number of carboxylic acid groups (broad SMARTS) is 1. The number of hydrogen-bond donors (Lipinski definition) is 2. The highest BCUT2D eigenvalue weighted by atomic mass is 16.5. The van der Waals surface area contributed by atoms with E-state index in [1.165, 1.54) is 0 Å². The zero-order valence-corrected chi connectivity index (χ0v) is 14.3. The average Bonchev–Trinajstić information content (AvgIpc) is 3.05. The fourth-order valence-electron chi connectivity index (χ4n) is 3.03. The maximum absolute atomic E-state index is 11.5. The lowest BCUT2D eigenvalue weighted by molar-refractivity contribution is 0.0168. The first-order valence-electron chi connectivity index (χ1n) is 8.51. The number of aromatic nitrogens is 2. The molecular formula is C17H22BN3O4. The van der Waals surface area contributed by atoms with Crippen molar-refractivity contribution in [1.29, 1.82) is 0 Å². The number of aromatic hydroxyl groups is 1. The summed E-state index contributed by atoms with van der Waals surface area (Å²) in [6.45, 7) is 3.23. The van der Waals surface area contributed by atoms with Crippen LogP contribution in [0.4, 0.5) is 0 Å². The summed E-state index contributed by atoms with van der Waals surface area (Å²) in [5.74, 6) is -1.10. The molecule has 2 N–H and O–H groups in total. The van der Waals surface area contributed by atoms with Gasteiger partial charge in [0.1, 0.15) is 31.0 Å². The summed E-state index contributed by atoms with van der Waals surface area (Å²) in [7, 11) is 1.98. The van der Waals surface area contributed by atoms with Crippen molar-refractivity contribution >= 4 is 13.8 Å². The van der Waals surface area contributed by atoms with Crippen molar-refractivity contribution < 1.29 is 19.7 Å². The van der Waals surface area contributed by atoms with Crippen LogP contribution in [0.2, 0.25) is 6.32 Å². The molecule has 0 radical (unpaired) electrons. The Morgan fingerprint density at radius 2 is 2.16 bits per heavy atom. The van der Waals surface area contributed by atoms with E-state index >= 15 is 0 Å². The van der Waals surface area contributed by atoms with Gasteiger partial charge in [-0.1, -0.05) is 12.4 Å². The fraction of sp³-hybridized carbons (Fsp3) is 0.412. The standard InChI is InChI=1S/C17H22BN3O4/c18-4-3-12-1-2-14(15(16(12)22)17(23)24)25-13-9-21(10-13)8-7-20-6-5-19-11-20/h1-2,5-6,11,13,22H,3-4,7-10,18H2,(H,23,24). The van der Waals surface area contributed by atoms with Crippen LogP contribution in [-0.2, 0) is 13.0 Å². The zero-order chi connectivity index (χ0) is 17.8. The van der Waals surface area contributed by atoms with Gasteiger partial charge in [-0.05, 0) is 18.1 Å². The summed E-state index contributed by atoms with van der Waals surface area (Å²) in [5, 5.41) is 19.7. The van der Waals surface area contributed by atoms with Crippen molar-refractivity contribution in [3.05, 3.63) is 42.0 Å². The highest BCUT2D eigenvalue weighted by Gasteiger charge is 2.30. The first kappa shape index (κ1) is 17.4. The zero-order valence-electron chi connectivity index (χ0n) is 14.3. The molecule has 0 saturated carbocycles. The van der Waals surface area contributed by atoms with Crippen LogP contribution in [0.1, 0.15) is 15.9 Å². The quantitative estimate of drug-likeness (QED) is 0.684. The molecule has 1 fully saturated rings. The van der Waals surface area contributed by atoms with E-state index in [2.05, 4.69) is 9.88 Å². The molecule has 1 aromatic carbocycles. The van der Waals surface area contributed by atoms with Gasteiger partial charge in [0.2, 0.25) is 0 Å². The van der Waals surface area contributed by atoms with Crippen LogP contribution in [0.5, 0.6) is 11.5 Å². The van der Waals surface area contributed by atoms with Crippen LogP contribution in [0.3, 0.4) is 0 Å². The number of nitrogens with zero attached hydrogens (tertiary/aromatic N) is 3. The number of ether oxygens (including phenoxy) is 1. The Bertz CT molecular complexity index is 730. The van der Waals surface area contributed by atoms with Crippen LogP contribution in [0, 0.1) is 0 Å². The van der Waals surface area contributed by atoms with Gasteiger partial charge in [0.15, 0.2) is 0 Å². The van der Waals surface area contributed by atoms with Crippen molar-refractivity contribution in [1.82, 2.24) is 14.5 Å². The Morgan fingerprint density at radius 1 is 1.36 bits per heavy atom. The minimum Gasteiger partial charge on any atom is -0.507 e. The van der Waals surface area contributed by atoms with Gasteiger partial charge in [-0.3, -0.25) is 4.90 Å². The summed E-state index contributed by atoms with van der Waals surface area (Å²) in [6, 6.07) is 3.40. The Balaban J connectivity index is 1.58. The summed E-state index contributed by atoms with van der Waals surface area (Å²) >= 11 is 0. The third-order valence-electron chi connectivity index (χ3n) is 4.41. The van der Waals surface area contributed by atoms with Gasteiger partial charge in [0.25, 0.3) is 0 Å². The Morgan fingerprint density at radius 3 is 2.80 bits per heavy atom. The van der Waals surface area contributed by atoms with Crippen LogP contribution in [0.25, 0.3) is 0 Å². The Hall–Kier alpha value is -2.48. The monoisotopic (exact) mass is 343 g/mol. The van der Waals surface area contributed by atoms with Gasteiger partial charge in [-0.2, -0.15) is 0 Å².